The maximum atomic E-state index is 5.98. The summed E-state index contributed by atoms with van der Waals surface area (Å²) in [4.78, 5) is 0. The first-order valence-electron chi connectivity index (χ1n) is 7.62. The lowest BCUT2D eigenvalue weighted by atomic mass is 9.92. The second-order valence-corrected chi connectivity index (χ2v) is 5.81. The van der Waals surface area contributed by atoms with Crippen LogP contribution in [0.5, 0.6) is 0 Å². The molecule has 0 aliphatic heterocycles. The SMILES string of the molecule is CCC(CC)CNC(C)(CN)CCc1ccccc1. The Hall–Kier alpha value is -0.860. The normalized spacial score (nSPS) is 14.6. The highest BCUT2D eigenvalue weighted by molar-refractivity contribution is 5.15. The van der Waals surface area contributed by atoms with E-state index < -0.39 is 0 Å². The Kier molecular flexibility index (Phi) is 7.11. The van der Waals surface area contributed by atoms with Crippen molar-refractivity contribution in [3.8, 4) is 0 Å². The zero-order valence-electron chi connectivity index (χ0n) is 12.8. The van der Waals surface area contributed by atoms with E-state index in [1.54, 1.807) is 0 Å². The van der Waals surface area contributed by atoms with Gasteiger partial charge in [-0.3, -0.25) is 0 Å². The zero-order valence-corrected chi connectivity index (χ0v) is 12.8. The van der Waals surface area contributed by atoms with Gasteiger partial charge in [-0.05, 0) is 37.8 Å². The summed E-state index contributed by atoms with van der Waals surface area (Å²) < 4.78 is 0. The van der Waals surface area contributed by atoms with Gasteiger partial charge in [0.05, 0.1) is 0 Å². The molecule has 1 atom stereocenters. The van der Waals surface area contributed by atoms with E-state index in [1.807, 2.05) is 0 Å². The van der Waals surface area contributed by atoms with E-state index in [4.69, 9.17) is 5.73 Å². The molecule has 3 N–H and O–H groups in total. The molecule has 1 rings (SSSR count). The van der Waals surface area contributed by atoms with Crippen LogP contribution in [0, 0.1) is 5.92 Å². The molecule has 0 saturated heterocycles. The minimum atomic E-state index is 0.0540. The summed E-state index contributed by atoms with van der Waals surface area (Å²) in [5.74, 6) is 0.766. The lowest BCUT2D eigenvalue weighted by molar-refractivity contribution is 0.304. The molecule has 0 heterocycles. The monoisotopic (exact) mass is 262 g/mol. The van der Waals surface area contributed by atoms with Gasteiger partial charge in [-0.2, -0.15) is 0 Å². The molecule has 1 aromatic rings. The van der Waals surface area contributed by atoms with Crippen molar-refractivity contribution in [2.24, 2.45) is 11.7 Å². The fourth-order valence-corrected chi connectivity index (χ4v) is 2.30. The predicted molar refractivity (Wildman–Crippen MR) is 84.3 cm³/mol. The first kappa shape index (κ1) is 16.2. The highest BCUT2D eigenvalue weighted by Gasteiger charge is 2.22. The van der Waals surface area contributed by atoms with Crippen molar-refractivity contribution < 1.29 is 0 Å². The number of nitrogens with two attached hydrogens (primary N) is 1. The smallest absolute Gasteiger partial charge is 0.0278 e. The molecule has 2 heteroatoms. The number of benzene rings is 1. The molecule has 0 amide bonds. The lowest BCUT2D eigenvalue weighted by Crippen LogP contribution is -2.50. The van der Waals surface area contributed by atoms with Crippen molar-refractivity contribution in [1.82, 2.24) is 5.32 Å². The van der Waals surface area contributed by atoms with E-state index in [0.29, 0.717) is 6.54 Å². The standard InChI is InChI=1S/C17H30N2/c1-4-15(5-2)13-19-17(3,14-18)12-11-16-9-7-6-8-10-16/h6-10,15,19H,4-5,11-14,18H2,1-3H3. The molecule has 19 heavy (non-hydrogen) atoms. The molecule has 0 aliphatic rings. The maximum absolute atomic E-state index is 5.98. The molecule has 108 valence electrons. The van der Waals surface area contributed by atoms with Gasteiger partial charge in [-0.15, -0.1) is 0 Å². The van der Waals surface area contributed by atoms with Crippen LogP contribution in [0.15, 0.2) is 30.3 Å². The van der Waals surface area contributed by atoms with Crippen molar-refractivity contribution in [1.29, 1.82) is 0 Å². The summed E-state index contributed by atoms with van der Waals surface area (Å²) in [5, 5.41) is 3.69. The fraction of sp³-hybridized carbons (Fsp3) is 0.647. The third kappa shape index (κ3) is 5.75. The Morgan fingerprint density at radius 2 is 1.79 bits per heavy atom. The first-order chi connectivity index (χ1) is 9.13. The minimum absolute atomic E-state index is 0.0540. The topological polar surface area (TPSA) is 38.0 Å². The van der Waals surface area contributed by atoms with E-state index in [9.17, 15) is 0 Å². The van der Waals surface area contributed by atoms with Gasteiger partial charge < -0.3 is 11.1 Å². The van der Waals surface area contributed by atoms with Crippen LogP contribution in [0.4, 0.5) is 0 Å². The molecule has 0 radical (unpaired) electrons. The molecule has 1 unspecified atom stereocenters. The van der Waals surface area contributed by atoms with Crippen LogP contribution in [0.2, 0.25) is 0 Å². The number of hydrogen-bond acceptors (Lipinski definition) is 2. The van der Waals surface area contributed by atoms with Crippen molar-refractivity contribution in [3.63, 3.8) is 0 Å². The Balaban J connectivity index is 2.46. The second-order valence-electron chi connectivity index (χ2n) is 5.81. The molecule has 2 nitrogen and oxygen atoms in total. The number of hydrogen-bond donors (Lipinski definition) is 2. The zero-order chi connectivity index (χ0) is 14.1. The van der Waals surface area contributed by atoms with Crippen molar-refractivity contribution in [2.45, 2.75) is 52.0 Å². The van der Waals surface area contributed by atoms with E-state index >= 15 is 0 Å². The summed E-state index contributed by atoms with van der Waals surface area (Å²) in [6.45, 7) is 8.55. The summed E-state index contributed by atoms with van der Waals surface area (Å²) in [7, 11) is 0. The van der Waals surface area contributed by atoms with E-state index in [1.165, 1.54) is 18.4 Å². The van der Waals surface area contributed by atoms with Crippen molar-refractivity contribution in [2.75, 3.05) is 13.1 Å². The minimum Gasteiger partial charge on any atom is -0.329 e. The highest BCUT2D eigenvalue weighted by atomic mass is 15.0. The van der Waals surface area contributed by atoms with Crippen LogP contribution >= 0.6 is 0 Å². The number of aryl methyl sites for hydroxylation is 1. The molecular weight excluding hydrogens is 232 g/mol. The second kappa shape index (κ2) is 8.34. The Morgan fingerprint density at radius 3 is 2.32 bits per heavy atom. The third-order valence-corrected chi connectivity index (χ3v) is 4.23. The van der Waals surface area contributed by atoms with Crippen LogP contribution in [0.1, 0.15) is 45.6 Å². The van der Waals surface area contributed by atoms with Gasteiger partial charge in [0.25, 0.3) is 0 Å². The average Bonchev–Trinajstić information content (AvgIpc) is 2.47. The number of rotatable bonds is 9. The number of nitrogens with one attached hydrogen (secondary N) is 1. The Bertz CT molecular complexity index is 332. The molecule has 0 fully saturated rings. The summed E-state index contributed by atoms with van der Waals surface area (Å²) in [6, 6.07) is 10.7. The van der Waals surface area contributed by atoms with Gasteiger partial charge in [0, 0.05) is 12.1 Å². The van der Waals surface area contributed by atoms with Gasteiger partial charge in [0.15, 0.2) is 0 Å². The van der Waals surface area contributed by atoms with Crippen molar-refractivity contribution >= 4 is 0 Å². The summed E-state index contributed by atoms with van der Waals surface area (Å²) in [6.07, 6.45) is 4.66. The molecule has 1 aromatic carbocycles. The van der Waals surface area contributed by atoms with Crippen LogP contribution < -0.4 is 11.1 Å². The van der Waals surface area contributed by atoms with E-state index in [0.717, 1.165) is 25.3 Å². The van der Waals surface area contributed by atoms with E-state index in [-0.39, 0.29) is 5.54 Å². The maximum Gasteiger partial charge on any atom is 0.0278 e. The van der Waals surface area contributed by atoms with E-state index in [2.05, 4.69) is 56.4 Å². The Morgan fingerprint density at radius 1 is 1.16 bits per heavy atom. The largest absolute Gasteiger partial charge is 0.329 e. The van der Waals surface area contributed by atoms with Gasteiger partial charge in [-0.25, -0.2) is 0 Å². The molecule has 0 aromatic heterocycles. The van der Waals surface area contributed by atoms with Crippen LogP contribution in [0.25, 0.3) is 0 Å². The first-order valence-corrected chi connectivity index (χ1v) is 7.62. The van der Waals surface area contributed by atoms with Crippen LogP contribution in [-0.4, -0.2) is 18.6 Å². The van der Waals surface area contributed by atoms with Gasteiger partial charge in [-0.1, -0.05) is 57.0 Å². The van der Waals surface area contributed by atoms with Gasteiger partial charge >= 0.3 is 0 Å². The van der Waals surface area contributed by atoms with Crippen LogP contribution in [0.3, 0.4) is 0 Å². The summed E-state index contributed by atoms with van der Waals surface area (Å²) in [5.41, 5.74) is 7.43. The highest BCUT2D eigenvalue weighted by Crippen LogP contribution is 2.15. The summed E-state index contributed by atoms with van der Waals surface area (Å²) >= 11 is 0. The lowest BCUT2D eigenvalue weighted by Gasteiger charge is -2.31. The molecule has 0 bridgehead atoms. The van der Waals surface area contributed by atoms with Crippen molar-refractivity contribution in [3.05, 3.63) is 35.9 Å². The fourth-order valence-electron chi connectivity index (χ4n) is 2.30. The van der Waals surface area contributed by atoms with Gasteiger partial charge in [0.2, 0.25) is 0 Å². The predicted octanol–water partition coefficient (Wildman–Crippen LogP) is 3.36. The van der Waals surface area contributed by atoms with Crippen LogP contribution in [-0.2, 0) is 6.42 Å². The average molecular weight is 262 g/mol. The molecule has 0 aliphatic carbocycles. The quantitative estimate of drug-likeness (QED) is 0.716. The Labute approximate surface area is 118 Å². The molecule has 0 spiro atoms. The third-order valence-electron chi connectivity index (χ3n) is 4.23. The van der Waals surface area contributed by atoms with Gasteiger partial charge in [0.1, 0.15) is 0 Å². The molecular formula is C17H30N2. The molecule has 0 saturated carbocycles.